The van der Waals surface area contributed by atoms with Gasteiger partial charge in [0.2, 0.25) is 5.91 Å². The molecule has 1 aliphatic heterocycles. The van der Waals surface area contributed by atoms with Crippen molar-refractivity contribution in [1.82, 2.24) is 10.2 Å². The van der Waals surface area contributed by atoms with E-state index in [1.807, 2.05) is 0 Å². The number of amides is 1. The van der Waals surface area contributed by atoms with Gasteiger partial charge in [-0.2, -0.15) is 0 Å². The summed E-state index contributed by atoms with van der Waals surface area (Å²) in [5.41, 5.74) is 0. The van der Waals surface area contributed by atoms with Gasteiger partial charge in [0.25, 0.3) is 0 Å². The van der Waals surface area contributed by atoms with Crippen molar-refractivity contribution >= 4 is 11.9 Å². The Morgan fingerprint density at radius 3 is 2.65 bits per heavy atom. The first-order chi connectivity index (χ1) is 7.91. The number of rotatable bonds is 4. The van der Waals surface area contributed by atoms with Crippen molar-refractivity contribution in [1.29, 1.82) is 0 Å². The van der Waals surface area contributed by atoms with Crippen LogP contribution >= 0.6 is 0 Å². The summed E-state index contributed by atoms with van der Waals surface area (Å²) in [5.74, 6) is -0.684. The van der Waals surface area contributed by atoms with Gasteiger partial charge in [0.15, 0.2) is 0 Å². The zero-order chi connectivity index (χ0) is 13.0. The molecule has 2 N–H and O–H groups in total. The summed E-state index contributed by atoms with van der Waals surface area (Å²) in [4.78, 5) is 24.2. The van der Waals surface area contributed by atoms with Crippen LogP contribution in [0, 0.1) is 5.92 Å². The van der Waals surface area contributed by atoms with Gasteiger partial charge in [-0.25, -0.2) is 4.79 Å². The van der Waals surface area contributed by atoms with Crippen LogP contribution in [0.25, 0.3) is 0 Å². The monoisotopic (exact) mass is 242 g/mol. The number of carboxylic acid groups (broad SMARTS) is 1. The summed E-state index contributed by atoms with van der Waals surface area (Å²) in [7, 11) is 0. The van der Waals surface area contributed by atoms with E-state index in [4.69, 9.17) is 5.11 Å². The van der Waals surface area contributed by atoms with Crippen LogP contribution in [-0.4, -0.2) is 47.1 Å². The first-order valence-electron chi connectivity index (χ1n) is 6.15. The van der Waals surface area contributed by atoms with Crippen LogP contribution in [0.5, 0.6) is 0 Å². The maximum absolute atomic E-state index is 11.1. The molecule has 0 aromatic carbocycles. The second-order valence-corrected chi connectivity index (χ2v) is 4.95. The Balaban J connectivity index is 2.59. The smallest absolute Gasteiger partial charge is 0.327 e. The highest BCUT2D eigenvalue weighted by molar-refractivity contribution is 5.82. The van der Waals surface area contributed by atoms with Gasteiger partial charge >= 0.3 is 5.97 Å². The van der Waals surface area contributed by atoms with Crippen LogP contribution < -0.4 is 5.32 Å². The molecule has 1 aliphatic rings. The molecule has 5 nitrogen and oxygen atoms in total. The summed E-state index contributed by atoms with van der Waals surface area (Å²) < 4.78 is 0. The molecule has 3 atom stereocenters. The first kappa shape index (κ1) is 14.0. The lowest BCUT2D eigenvalue weighted by Gasteiger charge is -2.39. The Hall–Kier alpha value is -1.10. The van der Waals surface area contributed by atoms with Crippen LogP contribution in [-0.2, 0) is 9.59 Å². The highest BCUT2D eigenvalue weighted by Gasteiger charge is 2.29. The van der Waals surface area contributed by atoms with E-state index >= 15 is 0 Å². The van der Waals surface area contributed by atoms with Crippen LogP contribution in [0.15, 0.2) is 0 Å². The fourth-order valence-corrected chi connectivity index (χ4v) is 2.34. The van der Waals surface area contributed by atoms with Gasteiger partial charge in [0.1, 0.15) is 6.04 Å². The van der Waals surface area contributed by atoms with E-state index in [2.05, 4.69) is 24.1 Å². The molecule has 1 rings (SSSR count). The standard InChI is InChI=1S/C12H22N2O3/c1-8-5-4-6-14(9(8)2)7-11(12(16)17)13-10(3)15/h8-9,11H,4-7H2,1-3H3,(H,13,15)(H,16,17). The third-order valence-corrected chi connectivity index (χ3v) is 3.60. The summed E-state index contributed by atoms with van der Waals surface area (Å²) >= 11 is 0. The Morgan fingerprint density at radius 2 is 2.12 bits per heavy atom. The second-order valence-electron chi connectivity index (χ2n) is 4.95. The predicted molar refractivity (Wildman–Crippen MR) is 64.7 cm³/mol. The molecular formula is C12H22N2O3. The maximum atomic E-state index is 11.1. The van der Waals surface area contributed by atoms with Crippen molar-refractivity contribution in [2.24, 2.45) is 5.92 Å². The molecule has 3 unspecified atom stereocenters. The van der Waals surface area contributed by atoms with E-state index in [0.29, 0.717) is 18.5 Å². The van der Waals surface area contributed by atoms with Crippen LogP contribution in [0.2, 0.25) is 0 Å². The van der Waals surface area contributed by atoms with Crippen molar-refractivity contribution in [2.45, 2.75) is 45.7 Å². The summed E-state index contributed by atoms with van der Waals surface area (Å²) in [5, 5.41) is 11.5. The number of piperidine rings is 1. The SMILES string of the molecule is CC(=O)NC(CN1CCCC(C)C1C)C(=O)O. The molecule has 98 valence electrons. The van der Waals surface area contributed by atoms with E-state index in [-0.39, 0.29) is 5.91 Å². The topological polar surface area (TPSA) is 69.6 Å². The highest BCUT2D eigenvalue weighted by Crippen LogP contribution is 2.22. The fraction of sp³-hybridized carbons (Fsp3) is 0.833. The predicted octanol–water partition coefficient (Wildman–Crippen LogP) is 0.696. The van der Waals surface area contributed by atoms with Gasteiger partial charge in [-0.3, -0.25) is 9.69 Å². The Bertz CT molecular complexity index is 293. The van der Waals surface area contributed by atoms with Gasteiger partial charge in [-0.05, 0) is 32.2 Å². The molecule has 0 bridgehead atoms. The zero-order valence-electron chi connectivity index (χ0n) is 10.8. The van der Waals surface area contributed by atoms with Crippen LogP contribution in [0.3, 0.4) is 0 Å². The zero-order valence-corrected chi connectivity index (χ0v) is 10.8. The molecule has 0 saturated carbocycles. The average Bonchev–Trinajstić information content (AvgIpc) is 2.22. The van der Waals surface area contributed by atoms with Crippen molar-refractivity contribution in [3.8, 4) is 0 Å². The quantitative estimate of drug-likeness (QED) is 0.761. The lowest BCUT2D eigenvalue weighted by atomic mass is 9.92. The number of aliphatic carboxylic acids is 1. The minimum Gasteiger partial charge on any atom is -0.480 e. The Labute approximate surface area is 102 Å². The molecule has 0 aliphatic carbocycles. The lowest BCUT2D eigenvalue weighted by molar-refractivity contribution is -0.142. The highest BCUT2D eigenvalue weighted by atomic mass is 16.4. The maximum Gasteiger partial charge on any atom is 0.327 e. The fourth-order valence-electron chi connectivity index (χ4n) is 2.34. The van der Waals surface area contributed by atoms with Gasteiger partial charge in [0.05, 0.1) is 0 Å². The molecule has 1 amide bonds. The molecule has 0 aromatic heterocycles. The van der Waals surface area contributed by atoms with Crippen molar-refractivity contribution in [3.63, 3.8) is 0 Å². The number of carboxylic acids is 1. The third-order valence-electron chi connectivity index (χ3n) is 3.60. The first-order valence-corrected chi connectivity index (χ1v) is 6.15. The van der Waals surface area contributed by atoms with E-state index in [1.165, 1.54) is 13.3 Å². The molecule has 1 saturated heterocycles. The second kappa shape index (κ2) is 6.00. The van der Waals surface area contributed by atoms with Crippen molar-refractivity contribution < 1.29 is 14.7 Å². The molecule has 1 heterocycles. The number of carbonyl (C=O) groups is 2. The summed E-state index contributed by atoms with van der Waals surface area (Å²) in [6, 6.07) is -0.431. The van der Waals surface area contributed by atoms with Crippen LogP contribution in [0.4, 0.5) is 0 Å². The van der Waals surface area contributed by atoms with E-state index in [0.717, 1.165) is 13.0 Å². The number of likely N-dealkylation sites (tertiary alicyclic amines) is 1. The number of hydrogen-bond acceptors (Lipinski definition) is 3. The molecule has 5 heteroatoms. The summed E-state index contributed by atoms with van der Waals surface area (Å²) in [6.45, 7) is 6.95. The van der Waals surface area contributed by atoms with Gasteiger partial charge < -0.3 is 10.4 Å². The van der Waals surface area contributed by atoms with Gasteiger partial charge in [-0.15, -0.1) is 0 Å². The van der Waals surface area contributed by atoms with Gasteiger partial charge in [-0.1, -0.05) is 6.92 Å². The minimum absolute atomic E-state index is 0.296. The van der Waals surface area contributed by atoms with Crippen molar-refractivity contribution in [3.05, 3.63) is 0 Å². The molecule has 0 radical (unpaired) electrons. The van der Waals surface area contributed by atoms with E-state index < -0.39 is 12.0 Å². The van der Waals surface area contributed by atoms with E-state index in [1.54, 1.807) is 0 Å². The van der Waals surface area contributed by atoms with Gasteiger partial charge in [0, 0.05) is 19.5 Å². The number of carbonyl (C=O) groups excluding carboxylic acids is 1. The molecule has 1 fully saturated rings. The number of hydrogen-bond donors (Lipinski definition) is 2. The Kier molecular flexibility index (Phi) is 4.93. The Morgan fingerprint density at radius 1 is 1.47 bits per heavy atom. The normalized spacial score (nSPS) is 27.5. The largest absolute Gasteiger partial charge is 0.480 e. The molecule has 0 spiro atoms. The summed E-state index contributed by atoms with van der Waals surface area (Å²) in [6.07, 6.45) is 2.29. The molecule has 0 aromatic rings. The van der Waals surface area contributed by atoms with Crippen LogP contribution in [0.1, 0.15) is 33.6 Å². The minimum atomic E-state index is -0.967. The molecule has 17 heavy (non-hydrogen) atoms. The number of nitrogens with zero attached hydrogens (tertiary/aromatic N) is 1. The lowest BCUT2D eigenvalue weighted by Crippen LogP contribution is -2.52. The molecular weight excluding hydrogens is 220 g/mol. The number of nitrogens with one attached hydrogen (secondary N) is 1. The van der Waals surface area contributed by atoms with Crippen molar-refractivity contribution in [2.75, 3.05) is 13.1 Å². The third kappa shape index (κ3) is 4.00. The average molecular weight is 242 g/mol. The van der Waals surface area contributed by atoms with E-state index in [9.17, 15) is 9.59 Å².